The van der Waals surface area contributed by atoms with Crippen LogP contribution >= 0.6 is 11.3 Å². The Balaban J connectivity index is 0.000000255. The van der Waals surface area contributed by atoms with Crippen molar-refractivity contribution in [3.05, 3.63) is 53.3 Å². The Labute approximate surface area is 242 Å². The second-order valence-electron chi connectivity index (χ2n) is 12.4. The van der Waals surface area contributed by atoms with Crippen molar-refractivity contribution in [3.8, 4) is 11.4 Å². The molecule has 4 heterocycles. The molecule has 2 fully saturated rings. The number of aryl methyl sites for hydroxylation is 1. The maximum Gasteiger partial charge on any atom is 0.253 e. The summed E-state index contributed by atoms with van der Waals surface area (Å²) >= 11 is 1.32. The number of nitrogens with zero attached hydrogens (tertiary/aromatic N) is 3. The third kappa shape index (κ3) is 7.57. The van der Waals surface area contributed by atoms with E-state index in [1.165, 1.54) is 24.2 Å². The van der Waals surface area contributed by atoms with Crippen LogP contribution < -0.4 is 10.6 Å². The van der Waals surface area contributed by atoms with Crippen LogP contribution in [0.15, 0.2) is 42.0 Å². The van der Waals surface area contributed by atoms with Gasteiger partial charge in [0.15, 0.2) is 5.13 Å². The van der Waals surface area contributed by atoms with Gasteiger partial charge in [-0.2, -0.15) is 0 Å². The number of carbonyl (C=O) groups excluding carboxylic acids is 2. The number of amides is 2. The van der Waals surface area contributed by atoms with Gasteiger partial charge in [0.05, 0.1) is 23.9 Å². The van der Waals surface area contributed by atoms with Crippen LogP contribution in [0.3, 0.4) is 0 Å². The van der Waals surface area contributed by atoms with E-state index in [0.29, 0.717) is 22.5 Å². The molecule has 3 aromatic rings. The van der Waals surface area contributed by atoms with Gasteiger partial charge in [-0.3, -0.25) is 14.6 Å². The van der Waals surface area contributed by atoms with E-state index in [2.05, 4.69) is 62.1 Å². The molecule has 0 aromatic carbocycles. The van der Waals surface area contributed by atoms with Crippen LogP contribution in [-0.2, 0) is 15.1 Å². The molecule has 1 saturated heterocycles. The fourth-order valence-electron chi connectivity index (χ4n) is 5.28. The van der Waals surface area contributed by atoms with E-state index < -0.39 is 0 Å². The molecule has 1 aliphatic heterocycles. The second-order valence-corrected chi connectivity index (χ2v) is 13.2. The summed E-state index contributed by atoms with van der Waals surface area (Å²) in [4.78, 5) is 33.2. The first-order valence-electron chi connectivity index (χ1n) is 14.2. The molecule has 1 aliphatic carbocycles. The summed E-state index contributed by atoms with van der Waals surface area (Å²) in [6.07, 6.45) is 6.93. The van der Waals surface area contributed by atoms with Crippen molar-refractivity contribution < 1.29 is 14.3 Å². The van der Waals surface area contributed by atoms with Gasteiger partial charge in [-0.25, -0.2) is 4.98 Å². The number of rotatable bonds is 5. The fourth-order valence-corrected chi connectivity index (χ4v) is 6.01. The third-order valence-corrected chi connectivity index (χ3v) is 8.80. The smallest absolute Gasteiger partial charge is 0.253 e. The van der Waals surface area contributed by atoms with Crippen molar-refractivity contribution in [1.82, 2.24) is 19.9 Å². The van der Waals surface area contributed by atoms with Gasteiger partial charge in [-0.1, -0.05) is 26.8 Å². The molecular formula is C31H43N5O3S. The number of ether oxygens (including phenoxy) is 1. The van der Waals surface area contributed by atoms with E-state index in [9.17, 15) is 9.59 Å². The molecule has 8 nitrogen and oxygen atoms in total. The number of hydrogen-bond acceptors (Lipinski definition) is 6. The highest BCUT2D eigenvalue weighted by molar-refractivity contribution is 7.14. The number of hydrogen-bond donors (Lipinski definition) is 2. The topological polar surface area (TPSA) is 98.1 Å². The lowest BCUT2D eigenvalue weighted by Crippen LogP contribution is -2.32. The summed E-state index contributed by atoms with van der Waals surface area (Å²) in [5.41, 5.74) is 2.78. The first-order valence-corrected chi connectivity index (χ1v) is 15.1. The van der Waals surface area contributed by atoms with Gasteiger partial charge in [-0.05, 0) is 82.4 Å². The van der Waals surface area contributed by atoms with Gasteiger partial charge in [0.1, 0.15) is 5.69 Å². The summed E-state index contributed by atoms with van der Waals surface area (Å²) < 4.78 is 7.74. The van der Waals surface area contributed by atoms with Gasteiger partial charge >= 0.3 is 0 Å². The minimum absolute atomic E-state index is 0.107. The van der Waals surface area contributed by atoms with Crippen LogP contribution in [0.25, 0.3) is 11.4 Å². The van der Waals surface area contributed by atoms with Crippen molar-refractivity contribution in [2.45, 2.75) is 73.0 Å². The van der Waals surface area contributed by atoms with E-state index in [-0.39, 0.29) is 23.9 Å². The summed E-state index contributed by atoms with van der Waals surface area (Å²) in [5.74, 6) is 2.84. The molecule has 9 heteroatoms. The minimum Gasteiger partial charge on any atom is -0.378 e. The van der Waals surface area contributed by atoms with Crippen LogP contribution in [0.4, 0.5) is 5.13 Å². The van der Waals surface area contributed by atoms with Crippen LogP contribution in [0.1, 0.15) is 70.4 Å². The Hall–Kier alpha value is -3.04. The molecule has 40 heavy (non-hydrogen) atoms. The third-order valence-electron chi connectivity index (χ3n) is 8.04. The second kappa shape index (κ2) is 12.6. The Morgan fingerprint density at radius 3 is 2.50 bits per heavy atom. The highest BCUT2D eigenvalue weighted by atomic mass is 32.1. The van der Waals surface area contributed by atoms with Crippen LogP contribution in [0, 0.1) is 30.6 Å². The van der Waals surface area contributed by atoms with Crippen molar-refractivity contribution >= 4 is 28.3 Å². The highest BCUT2D eigenvalue weighted by Gasteiger charge is 2.40. The molecule has 1 saturated carbocycles. The first kappa shape index (κ1) is 29.9. The Bertz CT molecular complexity index is 1310. The number of aromatic nitrogens is 3. The molecule has 216 valence electrons. The Morgan fingerprint density at radius 2 is 1.80 bits per heavy atom. The predicted octanol–water partition coefficient (Wildman–Crippen LogP) is 6.14. The van der Waals surface area contributed by atoms with Crippen LogP contribution in [-0.4, -0.2) is 45.6 Å². The maximum atomic E-state index is 12.2. The molecule has 5 atom stereocenters. The molecular weight excluding hydrogens is 522 g/mol. The highest BCUT2D eigenvalue weighted by Crippen LogP contribution is 2.42. The van der Waals surface area contributed by atoms with Crippen molar-refractivity contribution in [3.63, 3.8) is 0 Å². The van der Waals surface area contributed by atoms with Gasteiger partial charge in [-0.15, -0.1) is 11.3 Å². The lowest BCUT2D eigenvalue weighted by molar-refractivity contribution is -0.115. The van der Waals surface area contributed by atoms with Gasteiger partial charge in [0.25, 0.3) is 5.91 Å². The fraction of sp³-hybridized carbons (Fsp3) is 0.548. The number of fused-ring (bicyclic) bond motifs is 1. The Kier molecular flexibility index (Phi) is 9.46. The van der Waals surface area contributed by atoms with Crippen LogP contribution in [0.2, 0.25) is 0 Å². The largest absolute Gasteiger partial charge is 0.378 e. The molecule has 2 N–H and O–H groups in total. The van der Waals surface area contributed by atoms with Gasteiger partial charge in [0.2, 0.25) is 5.91 Å². The predicted molar refractivity (Wildman–Crippen MR) is 160 cm³/mol. The van der Waals surface area contributed by atoms with E-state index in [4.69, 9.17) is 4.74 Å². The summed E-state index contributed by atoms with van der Waals surface area (Å²) in [7, 11) is 0. The standard InChI is InChI=1S/C20H23N5O2S.C11H20O/c1-13-6-5-7-15(22-13)16-12-28-19(23-16)24-17(26)10-21-18(27)14-8-9-25(11-14)20(2,3)4;1-7-4-10-9(3)6-12-11(10)5-8(7)2/h5-9,11-12H,10H2,1-4H3,(H,21,27)(H,23,24,26);7-11H,4-6H2,1-3H3. The number of pyridine rings is 1. The molecule has 0 spiro atoms. The number of nitrogens with one attached hydrogen (secondary N) is 2. The monoisotopic (exact) mass is 565 g/mol. The van der Waals surface area contributed by atoms with E-state index >= 15 is 0 Å². The quantitative estimate of drug-likeness (QED) is 0.387. The lowest BCUT2D eigenvalue weighted by atomic mass is 9.71. The van der Waals surface area contributed by atoms with E-state index in [1.54, 1.807) is 12.3 Å². The van der Waals surface area contributed by atoms with Gasteiger partial charge < -0.3 is 19.9 Å². The zero-order valence-electron chi connectivity index (χ0n) is 24.7. The zero-order valence-corrected chi connectivity index (χ0v) is 25.5. The minimum atomic E-state index is -0.332. The number of carbonyl (C=O) groups is 2. The molecule has 5 unspecified atom stereocenters. The van der Waals surface area contributed by atoms with Crippen molar-refractivity contribution in [2.75, 3.05) is 18.5 Å². The average Bonchev–Trinajstić information content (AvgIpc) is 3.65. The normalized spacial score (nSPS) is 24.0. The summed E-state index contributed by atoms with van der Waals surface area (Å²) in [6.45, 7) is 16.1. The van der Waals surface area contributed by atoms with Crippen LogP contribution in [0.5, 0.6) is 0 Å². The van der Waals surface area contributed by atoms with Crippen molar-refractivity contribution in [2.24, 2.45) is 23.7 Å². The van der Waals surface area contributed by atoms with E-state index in [1.807, 2.05) is 41.3 Å². The molecule has 2 aliphatic rings. The molecule has 0 bridgehead atoms. The molecule has 5 rings (SSSR count). The van der Waals surface area contributed by atoms with E-state index in [0.717, 1.165) is 41.7 Å². The molecule has 3 aromatic heterocycles. The number of anilines is 1. The lowest BCUT2D eigenvalue weighted by Gasteiger charge is -2.35. The number of thiazole rings is 1. The Morgan fingerprint density at radius 1 is 1.05 bits per heavy atom. The molecule has 2 amide bonds. The maximum absolute atomic E-state index is 12.2. The van der Waals surface area contributed by atoms with Gasteiger partial charge in [0, 0.05) is 35.6 Å². The summed E-state index contributed by atoms with van der Waals surface area (Å²) in [5, 5.41) is 7.64. The average molecular weight is 566 g/mol. The summed E-state index contributed by atoms with van der Waals surface area (Å²) in [6, 6.07) is 7.44. The zero-order chi connectivity index (χ0) is 29.0. The first-order chi connectivity index (χ1) is 18.9. The molecule has 0 radical (unpaired) electrons. The SMILES string of the molecule is CC1CC2OCC(C)C2CC1C.Cc1cccc(-c2csc(NC(=O)CNC(=O)c3ccn(C(C)(C)C)c3)n2)n1. The van der Waals surface area contributed by atoms with Crippen molar-refractivity contribution in [1.29, 1.82) is 0 Å².